The molecule has 111 valence electrons. The Bertz CT molecular complexity index is 476. The van der Waals surface area contributed by atoms with E-state index in [1.165, 1.54) is 16.2 Å². The highest BCUT2D eigenvalue weighted by atomic mass is 16.5. The van der Waals surface area contributed by atoms with Gasteiger partial charge in [0.15, 0.2) is 0 Å². The van der Waals surface area contributed by atoms with E-state index in [0.29, 0.717) is 0 Å². The van der Waals surface area contributed by atoms with Crippen LogP contribution in [0.25, 0.3) is 0 Å². The smallest absolute Gasteiger partial charge is 0.119 e. The predicted octanol–water partition coefficient (Wildman–Crippen LogP) is 4.39. The molecule has 0 aliphatic carbocycles. The first kappa shape index (κ1) is 15.3. The number of hydrogen-bond acceptors (Lipinski definition) is 2. The summed E-state index contributed by atoms with van der Waals surface area (Å²) in [5.74, 6) is 0.839. The monoisotopic (exact) mass is 276 g/mol. The zero-order valence-corrected chi connectivity index (χ0v) is 13.3. The van der Waals surface area contributed by atoms with Gasteiger partial charge < -0.3 is 4.74 Å². The van der Waals surface area contributed by atoms with Crippen LogP contribution in [0.4, 0.5) is 0 Å². The third kappa shape index (κ3) is 1.73. The molecule has 1 radical (unpaired) electrons. The fourth-order valence-corrected chi connectivity index (χ4v) is 3.91. The Morgan fingerprint density at radius 2 is 1.45 bits per heavy atom. The van der Waals surface area contributed by atoms with Crippen LogP contribution in [0.3, 0.4) is 0 Å². The van der Waals surface area contributed by atoms with Crippen LogP contribution >= 0.6 is 0 Å². The molecule has 3 nitrogen and oxygen atoms in total. The van der Waals surface area contributed by atoms with Crippen molar-refractivity contribution in [3.05, 3.63) is 29.3 Å². The maximum absolute atomic E-state index is 13.2. The molecular formula is C17H26NO2. The zero-order valence-electron chi connectivity index (χ0n) is 13.3. The van der Waals surface area contributed by atoms with E-state index in [1.54, 1.807) is 7.11 Å². The van der Waals surface area contributed by atoms with Crippen molar-refractivity contribution in [2.45, 2.75) is 64.5 Å². The van der Waals surface area contributed by atoms with E-state index < -0.39 is 5.54 Å². The molecule has 2 rings (SSSR count). The van der Waals surface area contributed by atoms with E-state index in [9.17, 15) is 5.21 Å². The molecule has 0 atom stereocenters. The minimum atomic E-state index is -0.407. The van der Waals surface area contributed by atoms with Gasteiger partial charge in [-0.05, 0) is 48.9 Å². The maximum Gasteiger partial charge on any atom is 0.119 e. The molecular weight excluding hydrogens is 250 g/mol. The summed E-state index contributed by atoms with van der Waals surface area (Å²) in [4.78, 5) is 0. The van der Waals surface area contributed by atoms with Crippen LogP contribution in [0.15, 0.2) is 18.2 Å². The quantitative estimate of drug-likeness (QED) is 0.799. The van der Waals surface area contributed by atoms with Crippen molar-refractivity contribution < 1.29 is 9.94 Å². The SMILES string of the molecule is CCC1(CC)c2ccc(OC)cc2C(CC)(CC)N1[O]. The van der Waals surface area contributed by atoms with E-state index in [1.807, 2.05) is 6.07 Å². The van der Waals surface area contributed by atoms with Gasteiger partial charge in [0, 0.05) is 0 Å². The van der Waals surface area contributed by atoms with Crippen molar-refractivity contribution in [2.24, 2.45) is 0 Å². The van der Waals surface area contributed by atoms with Crippen molar-refractivity contribution in [1.82, 2.24) is 5.06 Å². The third-order valence-corrected chi connectivity index (χ3v) is 5.35. The average Bonchev–Trinajstić information content (AvgIpc) is 2.72. The third-order valence-electron chi connectivity index (χ3n) is 5.35. The summed E-state index contributed by atoms with van der Waals surface area (Å²) in [6.07, 6.45) is 3.34. The standard InChI is InChI=1S/C17H26NO2/c1-6-16(7-2)14-11-10-13(20-5)12-15(14)17(8-3,9-4)18(16)19/h10-12H,6-9H2,1-5H3. The number of hydroxylamine groups is 2. The number of nitrogens with zero attached hydrogens (tertiary/aromatic N) is 1. The van der Waals surface area contributed by atoms with Crippen LogP contribution in [0.2, 0.25) is 0 Å². The van der Waals surface area contributed by atoms with Crippen LogP contribution < -0.4 is 4.74 Å². The Morgan fingerprint density at radius 1 is 0.950 bits per heavy atom. The topological polar surface area (TPSA) is 32.4 Å². The zero-order chi connectivity index (χ0) is 15.0. The van der Waals surface area contributed by atoms with Crippen molar-refractivity contribution in [3.8, 4) is 5.75 Å². The second kappa shape index (κ2) is 5.38. The molecule has 0 saturated carbocycles. The second-order valence-electron chi connectivity index (χ2n) is 5.68. The van der Waals surface area contributed by atoms with Gasteiger partial charge in [-0.2, -0.15) is 0 Å². The summed E-state index contributed by atoms with van der Waals surface area (Å²) in [5.41, 5.74) is 1.58. The van der Waals surface area contributed by atoms with Gasteiger partial charge in [-0.3, -0.25) is 0 Å². The minimum absolute atomic E-state index is 0.381. The van der Waals surface area contributed by atoms with Crippen molar-refractivity contribution in [3.63, 3.8) is 0 Å². The van der Waals surface area contributed by atoms with Crippen LogP contribution in [0.1, 0.15) is 64.5 Å². The Hall–Kier alpha value is -1.06. The van der Waals surface area contributed by atoms with Gasteiger partial charge in [-0.15, -0.1) is 10.3 Å². The molecule has 3 heteroatoms. The molecule has 0 bridgehead atoms. The summed E-state index contributed by atoms with van der Waals surface area (Å²) >= 11 is 0. The highest BCUT2D eigenvalue weighted by molar-refractivity contribution is 5.48. The van der Waals surface area contributed by atoms with Gasteiger partial charge in [-0.25, -0.2) is 0 Å². The Balaban J connectivity index is 2.73. The molecule has 0 saturated heterocycles. The van der Waals surface area contributed by atoms with E-state index >= 15 is 0 Å². The molecule has 0 spiro atoms. The molecule has 1 aliphatic heterocycles. The van der Waals surface area contributed by atoms with Crippen LogP contribution in [-0.2, 0) is 16.3 Å². The summed E-state index contributed by atoms with van der Waals surface area (Å²) < 4.78 is 5.37. The highest BCUT2D eigenvalue weighted by Gasteiger charge is 2.56. The van der Waals surface area contributed by atoms with Gasteiger partial charge in [0.05, 0.1) is 18.2 Å². The second-order valence-corrected chi connectivity index (χ2v) is 5.68. The first-order chi connectivity index (χ1) is 9.56. The molecule has 1 aromatic rings. The maximum atomic E-state index is 13.2. The van der Waals surface area contributed by atoms with Crippen LogP contribution in [0, 0.1) is 0 Å². The van der Waals surface area contributed by atoms with Crippen molar-refractivity contribution >= 4 is 0 Å². The lowest BCUT2D eigenvalue weighted by atomic mass is 9.83. The Morgan fingerprint density at radius 3 is 1.90 bits per heavy atom. The molecule has 1 aromatic carbocycles. The van der Waals surface area contributed by atoms with E-state index in [2.05, 4.69) is 39.8 Å². The summed E-state index contributed by atoms with van der Waals surface area (Å²) in [7, 11) is 1.68. The largest absolute Gasteiger partial charge is 0.497 e. The molecule has 20 heavy (non-hydrogen) atoms. The summed E-state index contributed by atoms with van der Waals surface area (Å²) in [5, 5.41) is 14.6. The van der Waals surface area contributed by atoms with Gasteiger partial charge in [0.25, 0.3) is 0 Å². The van der Waals surface area contributed by atoms with Gasteiger partial charge in [-0.1, -0.05) is 33.8 Å². The fraction of sp³-hybridized carbons (Fsp3) is 0.647. The van der Waals surface area contributed by atoms with Gasteiger partial charge in [0.1, 0.15) is 5.75 Å². The van der Waals surface area contributed by atoms with Crippen LogP contribution in [0.5, 0.6) is 5.75 Å². The normalized spacial score (nSPS) is 19.9. The lowest BCUT2D eigenvalue weighted by Crippen LogP contribution is -2.47. The molecule has 0 unspecified atom stereocenters. The fourth-order valence-electron chi connectivity index (χ4n) is 3.91. The molecule has 1 aliphatic rings. The molecule has 0 amide bonds. The summed E-state index contributed by atoms with van der Waals surface area (Å²) in [6, 6.07) is 6.15. The molecule has 0 fully saturated rings. The lowest BCUT2D eigenvalue weighted by molar-refractivity contribution is -0.287. The minimum Gasteiger partial charge on any atom is -0.497 e. The number of hydrogen-bond donors (Lipinski definition) is 0. The predicted molar refractivity (Wildman–Crippen MR) is 80.0 cm³/mol. The molecule has 0 N–H and O–H groups in total. The van der Waals surface area contributed by atoms with Gasteiger partial charge >= 0.3 is 0 Å². The first-order valence-electron chi connectivity index (χ1n) is 7.72. The van der Waals surface area contributed by atoms with E-state index in [4.69, 9.17) is 4.74 Å². The number of methoxy groups -OCH3 is 1. The Kier molecular flexibility index (Phi) is 4.12. The number of ether oxygens (including phenoxy) is 1. The average molecular weight is 276 g/mol. The summed E-state index contributed by atoms with van der Waals surface area (Å²) in [6.45, 7) is 8.45. The Labute approximate surface area is 122 Å². The first-order valence-corrected chi connectivity index (χ1v) is 7.72. The van der Waals surface area contributed by atoms with Crippen molar-refractivity contribution in [2.75, 3.05) is 7.11 Å². The highest BCUT2D eigenvalue weighted by Crippen LogP contribution is 2.55. The lowest BCUT2D eigenvalue weighted by Gasteiger charge is -2.40. The number of fused-ring (bicyclic) bond motifs is 1. The van der Waals surface area contributed by atoms with E-state index in [-0.39, 0.29) is 5.54 Å². The van der Waals surface area contributed by atoms with Crippen LogP contribution in [-0.4, -0.2) is 12.2 Å². The number of rotatable bonds is 5. The van der Waals surface area contributed by atoms with Gasteiger partial charge in [0.2, 0.25) is 0 Å². The molecule has 1 heterocycles. The van der Waals surface area contributed by atoms with Crippen molar-refractivity contribution in [1.29, 1.82) is 0 Å². The van der Waals surface area contributed by atoms with E-state index in [0.717, 1.165) is 31.4 Å². The molecule has 0 aromatic heterocycles. The number of benzene rings is 1.